The second kappa shape index (κ2) is 8.39. The first-order valence-electron chi connectivity index (χ1n) is 9.52. The van der Waals surface area contributed by atoms with E-state index < -0.39 is 24.2 Å². The Kier molecular flexibility index (Phi) is 5.49. The van der Waals surface area contributed by atoms with E-state index in [9.17, 15) is 18.8 Å². The van der Waals surface area contributed by atoms with Crippen LogP contribution in [-0.4, -0.2) is 30.0 Å². The minimum atomic E-state index is -0.664. The van der Waals surface area contributed by atoms with Crippen LogP contribution in [0.1, 0.15) is 10.4 Å². The van der Waals surface area contributed by atoms with Crippen LogP contribution in [0.3, 0.4) is 0 Å². The molecule has 0 aliphatic rings. The first-order chi connectivity index (χ1) is 15.0. The number of Topliss-reactive ketones (excluding diaryl/α,β-unsaturated/α-hetero) is 1. The van der Waals surface area contributed by atoms with Crippen molar-refractivity contribution >= 4 is 33.6 Å². The van der Waals surface area contributed by atoms with E-state index in [4.69, 9.17) is 9.47 Å². The van der Waals surface area contributed by atoms with Gasteiger partial charge in [0.2, 0.25) is 5.78 Å². The summed E-state index contributed by atoms with van der Waals surface area (Å²) >= 11 is 0. The van der Waals surface area contributed by atoms with Crippen LogP contribution in [0, 0.1) is 5.82 Å². The second-order valence-corrected chi connectivity index (χ2v) is 6.88. The number of halogens is 1. The van der Waals surface area contributed by atoms with Crippen molar-refractivity contribution in [1.82, 2.24) is 4.57 Å². The molecule has 0 spiro atoms. The van der Waals surface area contributed by atoms with Gasteiger partial charge in [-0.15, -0.1) is 0 Å². The van der Waals surface area contributed by atoms with Gasteiger partial charge in [0.05, 0.1) is 23.7 Å². The average Bonchev–Trinajstić information content (AvgIpc) is 2.80. The summed E-state index contributed by atoms with van der Waals surface area (Å²) in [7, 11) is 1.36. The summed E-state index contributed by atoms with van der Waals surface area (Å²) in [5, 5.41) is 0.962. The van der Waals surface area contributed by atoms with Crippen molar-refractivity contribution in [2.45, 2.75) is 6.54 Å². The molecule has 0 atom stereocenters. The number of ketones is 1. The highest BCUT2D eigenvalue weighted by molar-refractivity contribution is 6.00. The molecule has 4 rings (SSSR count). The Morgan fingerprint density at radius 3 is 2.16 bits per heavy atom. The maximum atomic E-state index is 13.5. The quantitative estimate of drug-likeness (QED) is 0.271. The van der Waals surface area contributed by atoms with Crippen molar-refractivity contribution in [2.75, 3.05) is 13.7 Å². The van der Waals surface area contributed by atoms with Gasteiger partial charge >= 0.3 is 5.97 Å². The van der Waals surface area contributed by atoms with Crippen LogP contribution in [0.25, 0.3) is 21.8 Å². The zero-order chi connectivity index (χ0) is 22.0. The van der Waals surface area contributed by atoms with Gasteiger partial charge in [-0.3, -0.25) is 14.4 Å². The highest BCUT2D eigenvalue weighted by atomic mass is 19.1. The molecule has 0 saturated heterocycles. The number of hydrogen-bond acceptors (Lipinski definition) is 5. The zero-order valence-corrected chi connectivity index (χ0v) is 16.6. The van der Waals surface area contributed by atoms with Crippen LogP contribution < -0.4 is 10.2 Å². The number of nitrogens with zero attached hydrogens (tertiary/aromatic N) is 1. The van der Waals surface area contributed by atoms with E-state index in [-0.39, 0.29) is 23.3 Å². The number of pyridine rings is 1. The molecule has 3 aromatic carbocycles. The molecule has 0 radical (unpaired) electrons. The van der Waals surface area contributed by atoms with E-state index in [0.717, 1.165) is 6.07 Å². The third-order valence-corrected chi connectivity index (χ3v) is 4.99. The van der Waals surface area contributed by atoms with Gasteiger partial charge in [-0.05, 0) is 42.5 Å². The zero-order valence-electron chi connectivity index (χ0n) is 16.6. The van der Waals surface area contributed by atoms with Crippen LogP contribution >= 0.6 is 0 Å². The van der Waals surface area contributed by atoms with E-state index in [1.54, 1.807) is 53.1 Å². The Hall–Kier alpha value is -4.00. The predicted octanol–water partition coefficient (Wildman–Crippen LogP) is 3.73. The van der Waals surface area contributed by atoms with Gasteiger partial charge in [-0.25, -0.2) is 4.39 Å². The molecule has 156 valence electrons. The highest BCUT2D eigenvalue weighted by Gasteiger charge is 2.17. The van der Waals surface area contributed by atoms with Crippen LogP contribution in [0.5, 0.6) is 5.75 Å². The minimum Gasteiger partial charge on any atom is -0.496 e. The molecule has 0 N–H and O–H groups in total. The van der Waals surface area contributed by atoms with Gasteiger partial charge in [-0.2, -0.15) is 0 Å². The predicted molar refractivity (Wildman–Crippen MR) is 114 cm³/mol. The highest BCUT2D eigenvalue weighted by Crippen LogP contribution is 2.21. The number of fused-ring (bicyclic) bond motifs is 2. The van der Waals surface area contributed by atoms with Crippen molar-refractivity contribution in [3.05, 3.63) is 88.3 Å². The first-order valence-corrected chi connectivity index (χ1v) is 9.52. The second-order valence-electron chi connectivity index (χ2n) is 6.88. The first kappa shape index (κ1) is 20.3. The molecule has 1 heterocycles. The van der Waals surface area contributed by atoms with Gasteiger partial charge in [0.25, 0.3) is 0 Å². The third kappa shape index (κ3) is 3.90. The largest absolute Gasteiger partial charge is 0.496 e. The number of para-hydroxylation sites is 2. The molecule has 0 unspecified atom stereocenters. The molecule has 0 amide bonds. The summed E-state index contributed by atoms with van der Waals surface area (Å²) in [4.78, 5) is 37.8. The standard InChI is InChI=1S/C24H18FNO5/c1-30-22-11-10-15(25)12-18(22)21(27)14-31-23(28)13-26-19-8-4-2-6-16(19)24(29)17-7-3-5-9-20(17)26/h2-12H,13-14H2,1H3. The monoisotopic (exact) mass is 419 g/mol. The Morgan fingerprint density at radius 2 is 1.55 bits per heavy atom. The van der Waals surface area contributed by atoms with Gasteiger partial charge < -0.3 is 14.0 Å². The van der Waals surface area contributed by atoms with Crippen LogP contribution in [0.15, 0.2) is 71.5 Å². The van der Waals surface area contributed by atoms with E-state index in [2.05, 4.69) is 0 Å². The summed E-state index contributed by atoms with van der Waals surface area (Å²) < 4.78 is 25.4. The molecule has 0 fully saturated rings. The summed E-state index contributed by atoms with van der Waals surface area (Å²) in [6.07, 6.45) is 0. The molecule has 6 nitrogen and oxygen atoms in total. The molecule has 7 heteroatoms. The fraction of sp³-hybridized carbons (Fsp3) is 0.125. The lowest BCUT2D eigenvalue weighted by molar-refractivity contribution is -0.143. The lowest BCUT2D eigenvalue weighted by Gasteiger charge is -2.14. The van der Waals surface area contributed by atoms with Crippen molar-refractivity contribution in [3.63, 3.8) is 0 Å². The number of aromatic nitrogens is 1. The van der Waals surface area contributed by atoms with Crippen molar-refractivity contribution in [2.24, 2.45) is 0 Å². The summed E-state index contributed by atoms with van der Waals surface area (Å²) in [5.74, 6) is -1.65. The number of methoxy groups -OCH3 is 1. The van der Waals surface area contributed by atoms with Gasteiger partial charge in [0, 0.05) is 10.8 Å². The smallest absolute Gasteiger partial charge is 0.326 e. The number of rotatable bonds is 6. The topological polar surface area (TPSA) is 74.6 Å². The molecule has 1 aromatic heterocycles. The van der Waals surface area contributed by atoms with Crippen molar-refractivity contribution in [1.29, 1.82) is 0 Å². The van der Waals surface area contributed by atoms with E-state index >= 15 is 0 Å². The number of carbonyl (C=O) groups excluding carboxylic acids is 2. The number of carbonyl (C=O) groups is 2. The fourth-order valence-electron chi connectivity index (χ4n) is 3.54. The normalized spacial score (nSPS) is 10.9. The summed E-state index contributed by atoms with van der Waals surface area (Å²) in [6.45, 7) is -0.760. The Balaban J connectivity index is 1.61. The van der Waals surface area contributed by atoms with Crippen LogP contribution in [0.2, 0.25) is 0 Å². The van der Waals surface area contributed by atoms with Crippen LogP contribution in [-0.2, 0) is 16.1 Å². The van der Waals surface area contributed by atoms with E-state index in [0.29, 0.717) is 21.8 Å². The van der Waals surface area contributed by atoms with Crippen LogP contribution in [0.4, 0.5) is 4.39 Å². The molecule has 0 saturated carbocycles. The summed E-state index contributed by atoms with van der Waals surface area (Å²) in [5.41, 5.74) is 1.04. The third-order valence-electron chi connectivity index (χ3n) is 4.99. The number of benzene rings is 3. The molecular weight excluding hydrogens is 401 g/mol. The minimum absolute atomic E-state index is 0.00504. The fourth-order valence-corrected chi connectivity index (χ4v) is 3.54. The summed E-state index contributed by atoms with van der Waals surface area (Å²) in [6, 6.07) is 17.5. The average molecular weight is 419 g/mol. The molecule has 0 bridgehead atoms. The lowest BCUT2D eigenvalue weighted by Crippen LogP contribution is -2.21. The SMILES string of the molecule is COc1ccc(F)cc1C(=O)COC(=O)Cn1c2ccccc2c(=O)c2ccccc21. The van der Waals surface area contributed by atoms with E-state index in [1.165, 1.54) is 19.2 Å². The number of hydrogen-bond donors (Lipinski definition) is 0. The van der Waals surface area contributed by atoms with Crippen molar-refractivity contribution < 1.29 is 23.5 Å². The van der Waals surface area contributed by atoms with Crippen molar-refractivity contribution in [3.8, 4) is 5.75 Å². The molecule has 31 heavy (non-hydrogen) atoms. The molecule has 0 aliphatic carbocycles. The maximum Gasteiger partial charge on any atom is 0.326 e. The maximum absolute atomic E-state index is 13.5. The molecule has 4 aromatic rings. The Labute approximate surface area is 176 Å². The van der Waals surface area contributed by atoms with E-state index in [1.807, 2.05) is 0 Å². The Bertz CT molecular complexity index is 1320. The molecule has 0 aliphatic heterocycles. The number of ether oxygens (including phenoxy) is 2. The lowest BCUT2D eigenvalue weighted by atomic mass is 10.1. The Morgan fingerprint density at radius 1 is 0.935 bits per heavy atom. The van der Waals surface area contributed by atoms with Gasteiger partial charge in [-0.1, -0.05) is 24.3 Å². The number of esters is 1. The molecular formula is C24H18FNO5. The van der Waals surface area contributed by atoms with Gasteiger partial charge in [0.1, 0.15) is 18.1 Å². The van der Waals surface area contributed by atoms with Gasteiger partial charge in [0.15, 0.2) is 12.0 Å².